The number of Topliss-reactive ketones (excluding diaryl/α,β-unsaturated/α-hetero) is 1. The van der Waals surface area contributed by atoms with Crippen LogP contribution in [0.2, 0.25) is 0 Å². The molecular weight excluding hydrogens is 362 g/mol. The SMILES string of the molecule is COc1ccc(-c2csc(N/N=C3\CC(=O)c4ccccc43)n2)cc1OC. The molecule has 1 N–H and O–H groups in total. The second kappa shape index (κ2) is 7.20. The van der Waals surface area contributed by atoms with Crippen LogP contribution in [0.15, 0.2) is 52.9 Å². The Hall–Kier alpha value is -3.19. The van der Waals surface area contributed by atoms with Gasteiger partial charge in [-0.25, -0.2) is 4.98 Å². The molecule has 0 spiro atoms. The molecule has 0 bridgehead atoms. The minimum atomic E-state index is 0.0938. The molecule has 0 fully saturated rings. The predicted molar refractivity (Wildman–Crippen MR) is 106 cm³/mol. The third kappa shape index (κ3) is 3.29. The lowest BCUT2D eigenvalue weighted by atomic mass is 10.1. The largest absolute Gasteiger partial charge is 0.493 e. The van der Waals surface area contributed by atoms with Crippen LogP contribution in [-0.2, 0) is 0 Å². The summed E-state index contributed by atoms with van der Waals surface area (Å²) >= 11 is 1.45. The van der Waals surface area contributed by atoms with Crippen LogP contribution in [0.4, 0.5) is 5.13 Å². The van der Waals surface area contributed by atoms with Crippen LogP contribution in [0.25, 0.3) is 11.3 Å². The number of ketones is 1. The molecule has 4 rings (SSSR count). The maximum atomic E-state index is 12.0. The number of methoxy groups -OCH3 is 2. The molecule has 0 aliphatic heterocycles. The molecule has 1 heterocycles. The van der Waals surface area contributed by atoms with Crippen molar-refractivity contribution in [1.29, 1.82) is 0 Å². The van der Waals surface area contributed by atoms with E-state index in [4.69, 9.17) is 9.47 Å². The van der Waals surface area contributed by atoms with Crippen LogP contribution in [0.3, 0.4) is 0 Å². The number of nitrogens with zero attached hydrogens (tertiary/aromatic N) is 2. The second-order valence-corrected chi connectivity index (χ2v) is 6.78. The Morgan fingerprint density at radius 1 is 1.07 bits per heavy atom. The van der Waals surface area contributed by atoms with Crippen molar-refractivity contribution < 1.29 is 14.3 Å². The summed E-state index contributed by atoms with van der Waals surface area (Å²) in [4.78, 5) is 16.6. The smallest absolute Gasteiger partial charge is 0.203 e. The van der Waals surface area contributed by atoms with Crippen molar-refractivity contribution in [2.75, 3.05) is 19.6 Å². The zero-order valence-electron chi connectivity index (χ0n) is 14.9. The Morgan fingerprint density at radius 2 is 1.85 bits per heavy atom. The molecular formula is C20H17N3O3S. The lowest BCUT2D eigenvalue weighted by Crippen LogP contribution is -2.00. The maximum Gasteiger partial charge on any atom is 0.203 e. The highest BCUT2D eigenvalue weighted by atomic mass is 32.1. The van der Waals surface area contributed by atoms with E-state index in [1.165, 1.54) is 11.3 Å². The van der Waals surface area contributed by atoms with E-state index in [0.717, 1.165) is 28.1 Å². The zero-order chi connectivity index (χ0) is 18.8. The Bertz CT molecular complexity index is 1040. The summed E-state index contributed by atoms with van der Waals surface area (Å²) in [5, 5.41) is 7.00. The van der Waals surface area contributed by atoms with Crippen molar-refractivity contribution in [2.45, 2.75) is 6.42 Å². The molecule has 0 amide bonds. The van der Waals surface area contributed by atoms with Crippen molar-refractivity contribution in [2.24, 2.45) is 5.10 Å². The lowest BCUT2D eigenvalue weighted by Gasteiger charge is -2.08. The van der Waals surface area contributed by atoms with Crippen molar-refractivity contribution >= 4 is 28.0 Å². The van der Waals surface area contributed by atoms with Crippen LogP contribution in [0, 0.1) is 0 Å². The van der Waals surface area contributed by atoms with Gasteiger partial charge in [0.25, 0.3) is 0 Å². The number of thiazole rings is 1. The summed E-state index contributed by atoms with van der Waals surface area (Å²) in [6.07, 6.45) is 0.306. The van der Waals surface area contributed by atoms with Gasteiger partial charge in [0.15, 0.2) is 17.3 Å². The fourth-order valence-corrected chi connectivity index (χ4v) is 3.65. The van der Waals surface area contributed by atoms with E-state index in [-0.39, 0.29) is 5.78 Å². The van der Waals surface area contributed by atoms with Gasteiger partial charge in [-0.15, -0.1) is 11.3 Å². The van der Waals surface area contributed by atoms with Gasteiger partial charge in [-0.1, -0.05) is 24.3 Å². The average molecular weight is 379 g/mol. The van der Waals surface area contributed by atoms with Gasteiger partial charge in [0.05, 0.1) is 32.0 Å². The summed E-state index contributed by atoms with van der Waals surface area (Å²) in [7, 11) is 3.21. The number of aromatic nitrogens is 1. The number of hydrazone groups is 1. The average Bonchev–Trinajstić information content (AvgIpc) is 3.31. The quantitative estimate of drug-likeness (QED) is 0.672. The Balaban J connectivity index is 1.55. The van der Waals surface area contributed by atoms with Crippen LogP contribution in [0.5, 0.6) is 11.5 Å². The minimum Gasteiger partial charge on any atom is -0.493 e. The molecule has 2 aromatic carbocycles. The highest BCUT2D eigenvalue weighted by molar-refractivity contribution is 7.14. The molecule has 0 saturated heterocycles. The molecule has 0 atom stereocenters. The molecule has 136 valence electrons. The highest BCUT2D eigenvalue weighted by Gasteiger charge is 2.25. The van der Waals surface area contributed by atoms with Crippen LogP contribution in [-0.4, -0.2) is 30.7 Å². The molecule has 0 radical (unpaired) electrons. The summed E-state index contributed by atoms with van der Waals surface area (Å²) in [6.45, 7) is 0. The van der Waals surface area contributed by atoms with Gasteiger partial charge in [-0.05, 0) is 18.2 Å². The lowest BCUT2D eigenvalue weighted by molar-refractivity contribution is 0.101. The van der Waals surface area contributed by atoms with Gasteiger partial charge >= 0.3 is 0 Å². The number of carbonyl (C=O) groups is 1. The van der Waals surface area contributed by atoms with Crippen LogP contribution < -0.4 is 14.9 Å². The topological polar surface area (TPSA) is 72.8 Å². The fourth-order valence-electron chi connectivity index (χ4n) is 2.99. The van der Waals surface area contributed by atoms with Gasteiger partial charge in [-0.2, -0.15) is 5.10 Å². The van der Waals surface area contributed by atoms with Crippen molar-refractivity contribution in [3.05, 3.63) is 59.0 Å². The zero-order valence-corrected chi connectivity index (χ0v) is 15.7. The number of anilines is 1. The van der Waals surface area contributed by atoms with Gasteiger partial charge in [0, 0.05) is 22.1 Å². The summed E-state index contributed by atoms with van der Waals surface area (Å²) < 4.78 is 10.6. The monoisotopic (exact) mass is 379 g/mol. The summed E-state index contributed by atoms with van der Waals surface area (Å²) in [5.41, 5.74) is 7.05. The number of ether oxygens (including phenoxy) is 2. The van der Waals surface area contributed by atoms with Crippen molar-refractivity contribution in [3.63, 3.8) is 0 Å². The van der Waals surface area contributed by atoms with E-state index in [9.17, 15) is 4.79 Å². The third-order valence-electron chi connectivity index (χ3n) is 4.34. The molecule has 1 aliphatic carbocycles. The third-order valence-corrected chi connectivity index (χ3v) is 5.08. The van der Waals surface area contributed by atoms with Crippen molar-refractivity contribution in [1.82, 2.24) is 4.98 Å². The standard InChI is InChI=1S/C20H17N3O3S/c1-25-18-8-7-12(9-19(18)26-2)16-11-27-20(21-16)23-22-15-10-17(24)14-6-4-3-5-13(14)15/h3-9,11H,10H2,1-2H3,(H,21,23)/b22-15+. The van der Waals surface area contributed by atoms with Crippen LogP contribution in [0.1, 0.15) is 22.3 Å². The Kier molecular flexibility index (Phi) is 4.60. The van der Waals surface area contributed by atoms with Crippen LogP contribution >= 0.6 is 11.3 Å². The minimum absolute atomic E-state index is 0.0938. The van der Waals surface area contributed by atoms with Gasteiger partial charge in [-0.3, -0.25) is 10.2 Å². The molecule has 7 heteroatoms. The molecule has 0 unspecified atom stereocenters. The van der Waals surface area contributed by atoms with E-state index in [0.29, 0.717) is 23.1 Å². The number of fused-ring (bicyclic) bond motifs is 1. The van der Waals surface area contributed by atoms with Gasteiger partial charge in [0.2, 0.25) is 5.13 Å². The van der Waals surface area contributed by atoms with E-state index < -0.39 is 0 Å². The van der Waals surface area contributed by atoms with Crippen molar-refractivity contribution in [3.8, 4) is 22.8 Å². The number of hydrogen-bond donors (Lipinski definition) is 1. The molecule has 27 heavy (non-hydrogen) atoms. The van der Waals surface area contributed by atoms with E-state index >= 15 is 0 Å². The van der Waals surface area contributed by atoms with Gasteiger partial charge < -0.3 is 9.47 Å². The molecule has 0 saturated carbocycles. The number of benzene rings is 2. The maximum absolute atomic E-state index is 12.0. The number of hydrogen-bond acceptors (Lipinski definition) is 7. The summed E-state index contributed by atoms with van der Waals surface area (Å²) in [6, 6.07) is 13.2. The normalized spacial score (nSPS) is 14.3. The first-order valence-corrected chi connectivity index (χ1v) is 9.20. The first kappa shape index (κ1) is 17.2. The van der Waals surface area contributed by atoms with E-state index in [2.05, 4.69) is 15.5 Å². The number of rotatable bonds is 5. The molecule has 1 aliphatic rings. The summed E-state index contributed by atoms with van der Waals surface area (Å²) in [5.74, 6) is 1.42. The second-order valence-electron chi connectivity index (χ2n) is 5.92. The fraction of sp³-hybridized carbons (Fsp3) is 0.150. The first-order valence-electron chi connectivity index (χ1n) is 8.32. The first-order chi connectivity index (χ1) is 13.2. The van der Waals surface area contributed by atoms with E-state index in [1.54, 1.807) is 14.2 Å². The Labute approximate surface area is 160 Å². The molecule has 3 aromatic rings. The van der Waals surface area contributed by atoms with Gasteiger partial charge in [0.1, 0.15) is 0 Å². The van der Waals surface area contributed by atoms with E-state index in [1.807, 2.05) is 47.8 Å². The number of carbonyl (C=O) groups excluding carboxylic acids is 1. The Morgan fingerprint density at radius 3 is 2.63 bits per heavy atom. The predicted octanol–water partition coefficient (Wildman–Crippen LogP) is 4.23. The molecule has 6 nitrogen and oxygen atoms in total. The molecule has 1 aromatic heterocycles. The number of nitrogens with one attached hydrogen (secondary N) is 1. The highest BCUT2D eigenvalue weighted by Crippen LogP contribution is 2.33.